The lowest BCUT2D eigenvalue weighted by molar-refractivity contribution is -0.137. The van der Waals surface area contributed by atoms with E-state index < -0.39 is 6.04 Å². The number of nitrogens with zero attached hydrogens (tertiary/aromatic N) is 4. The molecule has 4 heterocycles. The molecule has 1 saturated heterocycles. The first-order chi connectivity index (χ1) is 12.4. The Bertz CT molecular complexity index is 1030. The summed E-state index contributed by atoms with van der Waals surface area (Å²) < 4.78 is 8.50. The number of aromatic nitrogens is 3. The van der Waals surface area contributed by atoms with E-state index in [0.717, 1.165) is 25.0 Å². The van der Waals surface area contributed by atoms with Gasteiger partial charge in [-0.3, -0.25) is 14.0 Å². The first-order valence-corrected chi connectivity index (χ1v) is 9.13. The minimum Gasteiger partial charge on any atom is -0.463 e. The second kappa shape index (κ2) is 6.00. The Labute approximate surface area is 151 Å². The zero-order valence-corrected chi connectivity index (χ0v) is 15.6. The van der Waals surface area contributed by atoms with Gasteiger partial charge in [0.15, 0.2) is 5.58 Å². The fraction of sp³-hybridized carbons (Fsp3) is 0.526. The van der Waals surface area contributed by atoms with Crippen LogP contribution in [-0.2, 0) is 4.79 Å². The van der Waals surface area contributed by atoms with Gasteiger partial charge in [0, 0.05) is 25.2 Å². The van der Waals surface area contributed by atoms with Crippen LogP contribution in [0, 0.1) is 18.8 Å². The third kappa shape index (κ3) is 2.53. The highest BCUT2D eigenvalue weighted by atomic mass is 16.3. The summed E-state index contributed by atoms with van der Waals surface area (Å²) in [5, 5.41) is 4.43. The van der Waals surface area contributed by atoms with E-state index in [2.05, 4.69) is 18.9 Å². The Hall–Kier alpha value is -2.57. The molecule has 7 heteroatoms. The molecule has 0 aromatic carbocycles. The highest BCUT2D eigenvalue weighted by Crippen LogP contribution is 2.24. The highest BCUT2D eigenvalue weighted by molar-refractivity contribution is 5.83. The second-order valence-electron chi connectivity index (χ2n) is 7.70. The van der Waals surface area contributed by atoms with Crippen molar-refractivity contribution in [2.75, 3.05) is 13.1 Å². The molecule has 0 aliphatic carbocycles. The quantitative estimate of drug-likeness (QED) is 0.707. The first-order valence-electron chi connectivity index (χ1n) is 9.13. The summed E-state index contributed by atoms with van der Waals surface area (Å²) in [6.45, 7) is 9.39. The Kier molecular flexibility index (Phi) is 3.89. The normalized spacial score (nSPS) is 22.2. The van der Waals surface area contributed by atoms with Crippen LogP contribution in [0.25, 0.3) is 16.6 Å². The van der Waals surface area contributed by atoms with Gasteiger partial charge >= 0.3 is 0 Å². The van der Waals surface area contributed by atoms with E-state index in [1.807, 2.05) is 17.9 Å². The molecule has 7 nitrogen and oxygen atoms in total. The van der Waals surface area contributed by atoms with Crippen molar-refractivity contribution in [2.24, 2.45) is 11.8 Å². The van der Waals surface area contributed by atoms with Crippen molar-refractivity contribution in [2.45, 2.75) is 40.2 Å². The second-order valence-corrected chi connectivity index (χ2v) is 7.70. The molecule has 4 rings (SSSR count). The number of hydrogen-bond acceptors (Lipinski definition) is 4. The summed E-state index contributed by atoms with van der Waals surface area (Å²) >= 11 is 0. The average Bonchev–Trinajstić information content (AvgIpc) is 3.17. The van der Waals surface area contributed by atoms with Gasteiger partial charge in [-0.2, -0.15) is 5.10 Å². The van der Waals surface area contributed by atoms with Crippen molar-refractivity contribution in [3.8, 4) is 0 Å². The molecule has 0 N–H and O–H groups in total. The van der Waals surface area contributed by atoms with Crippen LogP contribution in [0.2, 0.25) is 0 Å². The van der Waals surface area contributed by atoms with Crippen LogP contribution in [0.5, 0.6) is 0 Å². The number of amides is 1. The van der Waals surface area contributed by atoms with Crippen molar-refractivity contribution in [1.82, 2.24) is 19.1 Å². The number of aryl methyl sites for hydroxylation is 1. The van der Waals surface area contributed by atoms with Gasteiger partial charge in [0.25, 0.3) is 5.56 Å². The minimum atomic E-state index is -0.634. The van der Waals surface area contributed by atoms with Crippen molar-refractivity contribution < 1.29 is 9.21 Å². The van der Waals surface area contributed by atoms with Crippen molar-refractivity contribution in [1.29, 1.82) is 0 Å². The van der Waals surface area contributed by atoms with Crippen LogP contribution >= 0.6 is 0 Å². The van der Waals surface area contributed by atoms with E-state index in [1.54, 1.807) is 23.7 Å². The summed E-state index contributed by atoms with van der Waals surface area (Å²) in [6, 6.07) is 2.89. The number of fused-ring (bicyclic) bond motifs is 3. The number of rotatable bonds is 2. The third-order valence-corrected chi connectivity index (χ3v) is 5.33. The molecule has 0 spiro atoms. The predicted molar refractivity (Wildman–Crippen MR) is 98.2 cm³/mol. The number of carbonyl (C=O) groups excluding carboxylic acids is 1. The van der Waals surface area contributed by atoms with Crippen molar-refractivity contribution in [3.05, 3.63) is 34.6 Å². The lowest BCUT2D eigenvalue weighted by Gasteiger charge is -2.36. The lowest BCUT2D eigenvalue weighted by atomic mass is 9.91. The topological polar surface area (TPSA) is 72.8 Å². The molecule has 0 bridgehead atoms. The smallest absolute Gasteiger partial charge is 0.291 e. The molecule has 3 aromatic heterocycles. The van der Waals surface area contributed by atoms with Crippen LogP contribution in [-0.4, -0.2) is 38.1 Å². The van der Waals surface area contributed by atoms with E-state index in [-0.39, 0.29) is 11.5 Å². The Morgan fingerprint density at radius 1 is 1.27 bits per heavy atom. The number of hydrogen-bond donors (Lipinski definition) is 0. The highest BCUT2D eigenvalue weighted by Gasteiger charge is 2.30. The molecule has 1 amide bonds. The third-order valence-electron chi connectivity index (χ3n) is 5.33. The SMILES string of the molecule is Cc1nn([C@@H](C)C(=O)N2C[C@H](C)C[C@H](C)C2)c(=O)c2cc3occc3n12. The maximum absolute atomic E-state index is 13.0. The summed E-state index contributed by atoms with van der Waals surface area (Å²) in [4.78, 5) is 27.9. The van der Waals surface area contributed by atoms with Crippen molar-refractivity contribution >= 4 is 22.5 Å². The molecule has 0 radical (unpaired) electrons. The number of likely N-dealkylation sites (tertiary alicyclic amines) is 1. The summed E-state index contributed by atoms with van der Waals surface area (Å²) in [5.74, 6) is 1.55. The molecular formula is C19H24N4O3. The first kappa shape index (κ1) is 16.9. The van der Waals surface area contributed by atoms with Gasteiger partial charge in [0.1, 0.15) is 17.4 Å². The Morgan fingerprint density at radius 3 is 2.65 bits per heavy atom. The molecule has 0 unspecified atom stereocenters. The largest absolute Gasteiger partial charge is 0.463 e. The van der Waals surface area contributed by atoms with E-state index in [4.69, 9.17) is 4.42 Å². The summed E-state index contributed by atoms with van der Waals surface area (Å²) in [5.41, 5.74) is 1.65. The summed E-state index contributed by atoms with van der Waals surface area (Å²) in [6.07, 6.45) is 2.72. The van der Waals surface area contributed by atoms with Crippen molar-refractivity contribution in [3.63, 3.8) is 0 Å². The molecule has 1 aliphatic heterocycles. The van der Waals surface area contributed by atoms with Gasteiger partial charge in [0.2, 0.25) is 5.91 Å². The molecule has 1 fully saturated rings. The van der Waals surface area contributed by atoms with Crippen LogP contribution in [0.1, 0.15) is 39.1 Å². The Balaban J connectivity index is 1.75. The standard InChI is InChI=1S/C19H24N4O3/c1-11-7-12(2)10-21(9-11)18(24)13(3)23-19(25)16-8-17-15(5-6-26-17)22(16)14(4)20-23/h5-6,8,11-13H,7,9-10H2,1-4H3/t11-,12+,13-/m0/s1. The number of carbonyl (C=O) groups is 1. The molecule has 26 heavy (non-hydrogen) atoms. The van der Waals surface area contributed by atoms with Gasteiger partial charge in [-0.25, -0.2) is 4.68 Å². The summed E-state index contributed by atoms with van der Waals surface area (Å²) in [7, 11) is 0. The van der Waals surface area contributed by atoms with E-state index in [0.29, 0.717) is 28.8 Å². The predicted octanol–water partition coefficient (Wildman–Crippen LogP) is 2.62. The van der Waals surface area contributed by atoms with E-state index >= 15 is 0 Å². The maximum atomic E-state index is 13.0. The number of piperidine rings is 1. The lowest BCUT2D eigenvalue weighted by Crippen LogP contribution is -2.47. The Morgan fingerprint density at radius 2 is 1.96 bits per heavy atom. The maximum Gasteiger partial charge on any atom is 0.291 e. The van der Waals surface area contributed by atoms with E-state index in [9.17, 15) is 9.59 Å². The molecule has 3 atom stereocenters. The van der Waals surface area contributed by atoms with Crippen LogP contribution in [0.3, 0.4) is 0 Å². The molecule has 3 aromatic rings. The fourth-order valence-corrected chi connectivity index (χ4v) is 4.27. The van der Waals surface area contributed by atoms with E-state index in [1.165, 1.54) is 4.68 Å². The average molecular weight is 356 g/mol. The van der Waals surface area contributed by atoms with Gasteiger partial charge < -0.3 is 9.32 Å². The van der Waals surface area contributed by atoms with Gasteiger partial charge in [-0.1, -0.05) is 13.8 Å². The molecular weight excluding hydrogens is 332 g/mol. The zero-order chi connectivity index (χ0) is 18.6. The van der Waals surface area contributed by atoms with Gasteiger partial charge in [-0.05, 0) is 32.1 Å². The van der Waals surface area contributed by atoms with Gasteiger partial charge in [-0.15, -0.1) is 0 Å². The zero-order valence-electron chi connectivity index (χ0n) is 15.6. The number of furan rings is 1. The molecule has 0 saturated carbocycles. The monoisotopic (exact) mass is 356 g/mol. The van der Waals surface area contributed by atoms with Crippen LogP contribution in [0.4, 0.5) is 0 Å². The van der Waals surface area contributed by atoms with Gasteiger partial charge in [0.05, 0.1) is 11.8 Å². The van der Waals surface area contributed by atoms with Crippen LogP contribution in [0.15, 0.2) is 27.6 Å². The molecule has 1 aliphatic rings. The molecule has 138 valence electrons. The fourth-order valence-electron chi connectivity index (χ4n) is 4.27. The van der Waals surface area contributed by atoms with Crippen LogP contribution < -0.4 is 5.56 Å². The minimum absolute atomic E-state index is 0.0445.